The molecular weight excluding hydrogens is 230 g/mol. The molecule has 14 heavy (non-hydrogen) atoms. The summed E-state index contributed by atoms with van der Waals surface area (Å²) >= 11 is 4.97. The molecule has 0 saturated carbocycles. The summed E-state index contributed by atoms with van der Waals surface area (Å²) in [6.07, 6.45) is 0. The van der Waals surface area contributed by atoms with Crippen LogP contribution in [-0.4, -0.2) is 19.5 Å². The molecule has 1 rings (SSSR count). The summed E-state index contributed by atoms with van der Waals surface area (Å²) in [4.78, 5) is 10.3. The predicted molar refractivity (Wildman–Crippen MR) is 49.6 cm³/mol. The molecule has 0 atom stereocenters. The number of sulfonamides is 1. The highest BCUT2D eigenvalue weighted by molar-refractivity contribution is 7.90. The van der Waals surface area contributed by atoms with Gasteiger partial charge in [0.15, 0.2) is 0 Å². The SMILES string of the molecule is O=C(O)c1ccccc1S(=O)(=O)NCl. The summed E-state index contributed by atoms with van der Waals surface area (Å²) in [6, 6.07) is 5.18. The van der Waals surface area contributed by atoms with Gasteiger partial charge in [-0.05, 0) is 23.9 Å². The monoisotopic (exact) mass is 235 g/mol. The number of hydrogen-bond acceptors (Lipinski definition) is 3. The van der Waals surface area contributed by atoms with Gasteiger partial charge in [-0.1, -0.05) is 12.1 Å². The number of carboxylic acids is 1. The number of benzene rings is 1. The lowest BCUT2D eigenvalue weighted by molar-refractivity contribution is 0.0692. The number of carbonyl (C=O) groups is 1. The summed E-state index contributed by atoms with van der Waals surface area (Å²) in [5.74, 6) is -1.32. The van der Waals surface area contributed by atoms with Gasteiger partial charge in [0.2, 0.25) is 0 Å². The lowest BCUT2D eigenvalue weighted by Gasteiger charge is -2.03. The minimum atomic E-state index is -3.94. The van der Waals surface area contributed by atoms with Gasteiger partial charge in [-0.3, -0.25) is 0 Å². The fourth-order valence-corrected chi connectivity index (χ4v) is 1.95. The van der Waals surface area contributed by atoms with E-state index >= 15 is 0 Å². The van der Waals surface area contributed by atoms with Gasteiger partial charge in [-0.25, -0.2) is 13.2 Å². The van der Waals surface area contributed by atoms with Crippen molar-refractivity contribution in [1.29, 1.82) is 0 Å². The molecule has 0 aliphatic rings. The molecule has 1 aromatic rings. The fraction of sp³-hybridized carbons (Fsp3) is 0. The van der Waals surface area contributed by atoms with E-state index in [0.717, 1.165) is 6.07 Å². The van der Waals surface area contributed by atoms with Crippen LogP contribution in [0.2, 0.25) is 0 Å². The van der Waals surface area contributed by atoms with Crippen LogP contribution in [-0.2, 0) is 10.0 Å². The lowest BCUT2D eigenvalue weighted by Crippen LogP contribution is -2.17. The zero-order valence-corrected chi connectivity index (χ0v) is 8.34. The van der Waals surface area contributed by atoms with Gasteiger partial charge in [0, 0.05) is 0 Å². The van der Waals surface area contributed by atoms with E-state index in [9.17, 15) is 13.2 Å². The molecule has 0 aromatic heterocycles. The number of halogens is 1. The third-order valence-corrected chi connectivity index (χ3v) is 3.26. The van der Waals surface area contributed by atoms with E-state index in [0.29, 0.717) is 0 Å². The molecule has 0 heterocycles. The van der Waals surface area contributed by atoms with E-state index < -0.39 is 16.0 Å². The predicted octanol–water partition coefficient (Wildman–Crippen LogP) is 0.817. The molecule has 0 amide bonds. The van der Waals surface area contributed by atoms with Crippen LogP contribution in [0.5, 0.6) is 0 Å². The van der Waals surface area contributed by atoms with E-state index in [2.05, 4.69) is 0 Å². The minimum Gasteiger partial charge on any atom is -0.478 e. The van der Waals surface area contributed by atoms with Crippen molar-refractivity contribution in [1.82, 2.24) is 4.24 Å². The number of aromatic carboxylic acids is 1. The first-order valence-corrected chi connectivity index (χ1v) is 5.30. The van der Waals surface area contributed by atoms with Crippen molar-refractivity contribution >= 4 is 27.8 Å². The Kier molecular flexibility index (Phi) is 3.10. The Morgan fingerprint density at radius 3 is 2.43 bits per heavy atom. The quantitative estimate of drug-likeness (QED) is 0.760. The maximum absolute atomic E-state index is 11.2. The third kappa shape index (κ3) is 2.03. The van der Waals surface area contributed by atoms with Crippen LogP contribution in [0.1, 0.15) is 10.4 Å². The third-order valence-electron chi connectivity index (χ3n) is 1.51. The molecule has 1 aromatic carbocycles. The molecular formula is C7H6ClNO4S. The largest absolute Gasteiger partial charge is 0.478 e. The highest BCUT2D eigenvalue weighted by atomic mass is 35.5. The van der Waals surface area contributed by atoms with Crippen LogP contribution in [0.15, 0.2) is 29.2 Å². The molecule has 0 aliphatic heterocycles. The zero-order chi connectivity index (χ0) is 10.8. The number of hydrogen-bond donors (Lipinski definition) is 2. The fourth-order valence-electron chi connectivity index (χ4n) is 0.919. The van der Waals surface area contributed by atoms with Crippen molar-refractivity contribution in [3.05, 3.63) is 29.8 Å². The van der Waals surface area contributed by atoms with E-state index in [1.54, 1.807) is 0 Å². The van der Waals surface area contributed by atoms with E-state index in [1.807, 2.05) is 0 Å². The molecule has 0 radical (unpaired) electrons. The van der Waals surface area contributed by atoms with E-state index in [4.69, 9.17) is 16.9 Å². The Bertz CT molecular complexity index is 457. The topological polar surface area (TPSA) is 83.5 Å². The van der Waals surface area contributed by atoms with E-state index in [-0.39, 0.29) is 10.5 Å². The number of carboxylic acid groups (broad SMARTS) is 1. The summed E-state index contributed by atoms with van der Waals surface area (Å²) in [6.45, 7) is 0. The van der Waals surface area contributed by atoms with Gasteiger partial charge in [0.1, 0.15) is 0 Å². The Morgan fingerprint density at radius 1 is 1.36 bits per heavy atom. The average molecular weight is 236 g/mol. The van der Waals surface area contributed by atoms with Crippen LogP contribution >= 0.6 is 11.8 Å². The normalized spacial score (nSPS) is 11.2. The van der Waals surface area contributed by atoms with Crippen LogP contribution in [0, 0.1) is 0 Å². The Labute approximate surface area is 85.5 Å². The Hall–Kier alpha value is -1.11. The molecule has 5 nitrogen and oxygen atoms in total. The second-order valence-electron chi connectivity index (χ2n) is 2.38. The second kappa shape index (κ2) is 3.95. The van der Waals surface area contributed by atoms with E-state index in [1.165, 1.54) is 22.4 Å². The van der Waals surface area contributed by atoms with Gasteiger partial charge >= 0.3 is 5.97 Å². The Morgan fingerprint density at radius 2 is 1.93 bits per heavy atom. The highest BCUT2D eigenvalue weighted by Crippen LogP contribution is 2.15. The molecule has 2 N–H and O–H groups in total. The molecule has 7 heteroatoms. The van der Waals surface area contributed by atoms with Crippen molar-refractivity contribution in [3.63, 3.8) is 0 Å². The highest BCUT2D eigenvalue weighted by Gasteiger charge is 2.20. The van der Waals surface area contributed by atoms with Gasteiger partial charge in [-0.2, -0.15) is 0 Å². The number of nitrogens with one attached hydrogen (secondary N) is 1. The lowest BCUT2D eigenvalue weighted by atomic mass is 10.2. The summed E-state index contributed by atoms with van der Waals surface area (Å²) in [5.41, 5.74) is -0.319. The molecule has 0 saturated heterocycles. The molecule has 0 aliphatic carbocycles. The molecule has 76 valence electrons. The van der Waals surface area contributed by atoms with Gasteiger partial charge < -0.3 is 5.11 Å². The first-order chi connectivity index (χ1) is 6.49. The minimum absolute atomic E-state index is 0.319. The molecule has 0 unspecified atom stereocenters. The first kappa shape index (κ1) is 11.0. The maximum atomic E-state index is 11.2. The van der Waals surface area contributed by atoms with Gasteiger partial charge in [-0.15, -0.1) is 4.24 Å². The average Bonchev–Trinajstić information content (AvgIpc) is 2.18. The molecule has 0 fully saturated rings. The summed E-state index contributed by atoms with van der Waals surface area (Å²) < 4.78 is 24.0. The first-order valence-electron chi connectivity index (χ1n) is 3.44. The molecule has 0 spiro atoms. The van der Waals surface area contributed by atoms with Crippen LogP contribution in [0.4, 0.5) is 0 Å². The zero-order valence-electron chi connectivity index (χ0n) is 6.77. The smallest absolute Gasteiger partial charge is 0.337 e. The second-order valence-corrected chi connectivity index (χ2v) is 4.45. The van der Waals surface area contributed by atoms with Crippen LogP contribution < -0.4 is 4.24 Å². The van der Waals surface area contributed by atoms with Crippen molar-refractivity contribution < 1.29 is 18.3 Å². The molecule has 0 bridgehead atoms. The van der Waals surface area contributed by atoms with Gasteiger partial charge in [0.05, 0.1) is 10.5 Å². The standard InChI is InChI=1S/C7H6ClNO4S/c8-9-14(12,13)6-4-2-1-3-5(6)7(10)11/h1-4,9H,(H,10,11). The summed E-state index contributed by atoms with van der Waals surface area (Å²) in [5, 5.41) is 8.69. The van der Waals surface area contributed by atoms with Crippen molar-refractivity contribution in [3.8, 4) is 0 Å². The van der Waals surface area contributed by atoms with Crippen molar-refractivity contribution in [2.45, 2.75) is 4.90 Å². The van der Waals surface area contributed by atoms with Crippen molar-refractivity contribution in [2.75, 3.05) is 0 Å². The summed E-state index contributed by atoms with van der Waals surface area (Å²) in [7, 11) is -3.94. The van der Waals surface area contributed by atoms with Crippen molar-refractivity contribution in [2.24, 2.45) is 0 Å². The van der Waals surface area contributed by atoms with Crippen LogP contribution in [0.25, 0.3) is 0 Å². The maximum Gasteiger partial charge on any atom is 0.337 e. The Balaban J connectivity index is 3.42. The van der Waals surface area contributed by atoms with Crippen LogP contribution in [0.3, 0.4) is 0 Å². The van der Waals surface area contributed by atoms with Gasteiger partial charge in [0.25, 0.3) is 10.0 Å². The number of rotatable bonds is 3.